The van der Waals surface area contributed by atoms with Crippen molar-refractivity contribution in [3.63, 3.8) is 0 Å². The molecule has 10 nitrogen and oxygen atoms in total. The Kier molecular flexibility index (Phi) is 8.97. The molecule has 1 aromatic carbocycles. The maximum Gasteiger partial charge on any atom is 0.421 e. The first-order chi connectivity index (χ1) is 20.3. The van der Waals surface area contributed by atoms with Gasteiger partial charge in [0.05, 0.1) is 10.7 Å². The molecule has 43 heavy (non-hydrogen) atoms. The van der Waals surface area contributed by atoms with E-state index in [-0.39, 0.29) is 5.92 Å². The molecular weight excluding hydrogens is 633 g/mol. The number of oxime groups is 1. The van der Waals surface area contributed by atoms with Crippen molar-refractivity contribution in [2.24, 2.45) is 5.16 Å². The van der Waals surface area contributed by atoms with E-state index in [0.29, 0.717) is 65.5 Å². The SMILES string of the molecule is Cc1cnc(OCC(=O)N2CCC(c3nc(C4=NOC(c5c(Cl)cccc5CS(=O)(=O)O)C4)cs3)CC2)c(C(F)(F)F)c1. The number of ether oxygens (including phenoxy) is 1. The summed E-state index contributed by atoms with van der Waals surface area (Å²) in [7, 11) is -4.29. The van der Waals surface area contributed by atoms with E-state index in [0.717, 1.165) is 11.1 Å². The Hall–Kier alpha value is -3.27. The van der Waals surface area contributed by atoms with Crippen LogP contribution in [-0.2, 0) is 31.7 Å². The number of likely N-dealkylation sites (tertiary alicyclic amines) is 1. The third kappa shape index (κ3) is 7.45. The number of alkyl halides is 3. The molecule has 0 spiro atoms. The van der Waals surface area contributed by atoms with Crippen LogP contribution >= 0.6 is 22.9 Å². The quantitative estimate of drug-likeness (QED) is 0.312. The van der Waals surface area contributed by atoms with Crippen molar-refractivity contribution in [2.45, 2.75) is 50.1 Å². The second-order valence-corrected chi connectivity index (χ2v) is 13.0. The summed E-state index contributed by atoms with van der Waals surface area (Å²) in [6, 6.07) is 5.68. The van der Waals surface area contributed by atoms with Crippen molar-refractivity contribution >= 4 is 44.7 Å². The molecule has 1 N–H and O–H groups in total. The summed E-state index contributed by atoms with van der Waals surface area (Å²) < 4.78 is 77.5. The molecule has 1 fully saturated rings. The number of pyridine rings is 1. The highest BCUT2D eigenvalue weighted by molar-refractivity contribution is 7.85. The van der Waals surface area contributed by atoms with E-state index in [1.807, 2.05) is 5.38 Å². The lowest BCUT2D eigenvalue weighted by molar-refractivity contribution is -0.141. The summed E-state index contributed by atoms with van der Waals surface area (Å²) in [4.78, 5) is 28.3. The third-order valence-corrected chi connectivity index (χ3v) is 9.12. The average Bonchev–Trinajstić information content (AvgIpc) is 3.61. The van der Waals surface area contributed by atoms with Gasteiger partial charge in [0, 0.05) is 47.6 Å². The molecule has 16 heteroatoms. The molecule has 1 unspecified atom stereocenters. The fourth-order valence-electron chi connectivity index (χ4n) is 5.03. The Morgan fingerprint density at radius 2 is 2.02 bits per heavy atom. The molecule has 3 aromatic rings. The van der Waals surface area contributed by atoms with Crippen LogP contribution in [0.3, 0.4) is 0 Å². The average molecular weight is 659 g/mol. The number of hydrogen-bond donors (Lipinski definition) is 1. The normalized spacial score (nSPS) is 18.0. The molecule has 2 aliphatic heterocycles. The van der Waals surface area contributed by atoms with Crippen molar-refractivity contribution in [1.29, 1.82) is 0 Å². The maximum atomic E-state index is 13.3. The van der Waals surface area contributed by atoms with E-state index in [1.54, 1.807) is 23.1 Å². The molecular formula is C27H26ClF3N4O6S2. The monoisotopic (exact) mass is 658 g/mol. The van der Waals surface area contributed by atoms with Crippen molar-refractivity contribution < 1.29 is 40.5 Å². The number of piperidine rings is 1. The summed E-state index contributed by atoms with van der Waals surface area (Å²) in [5, 5.41) is 7.16. The first kappa shape index (κ1) is 31.2. The Balaban J connectivity index is 1.16. The number of amides is 1. The molecule has 5 rings (SSSR count). The predicted octanol–water partition coefficient (Wildman–Crippen LogP) is 5.56. The highest BCUT2D eigenvalue weighted by Crippen LogP contribution is 2.38. The lowest BCUT2D eigenvalue weighted by atomic mass is 9.97. The van der Waals surface area contributed by atoms with Gasteiger partial charge in [-0.25, -0.2) is 9.97 Å². The van der Waals surface area contributed by atoms with Gasteiger partial charge in [0.1, 0.15) is 17.0 Å². The maximum absolute atomic E-state index is 13.3. The number of hydrogen-bond acceptors (Lipinski definition) is 9. The molecule has 0 bridgehead atoms. The second kappa shape index (κ2) is 12.4. The van der Waals surface area contributed by atoms with Gasteiger partial charge in [-0.2, -0.15) is 21.6 Å². The summed E-state index contributed by atoms with van der Waals surface area (Å²) in [5.74, 6) is -1.58. The van der Waals surface area contributed by atoms with Crippen molar-refractivity contribution in [3.8, 4) is 5.88 Å². The Bertz CT molecular complexity index is 1660. The molecule has 2 aromatic heterocycles. The van der Waals surface area contributed by atoms with E-state index in [9.17, 15) is 30.9 Å². The van der Waals surface area contributed by atoms with E-state index >= 15 is 0 Å². The summed E-state index contributed by atoms with van der Waals surface area (Å²) in [5.41, 5.74) is 1.24. The van der Waals surface area contributed by atoms with E-state index < -0.39 is 52.1 Å². The number of carbonyl (C=O) groups excluding carboxylic acids is 1. The molecule has 1 saturated heterocycles. The lowest BCUT2D eigenvalue weighted by Crippen LogP contribution is -2.40. The molecule has 0 radical (unpaired) electrons. The zero-order valence-electron chi connectivity index (χ0n) is 22.7. The first-order valence-corrected chi connectivity index (χ1v) is 16.0. The predicted molar refractivity (Wildman–Crippen MR) is 152 cm³/mol. The minimum absolute atomic E-state index is 0.0722. The van der Waals surface area contributed by atoms with Gasteiger partial charge in [0.15, 0.2) is 12.7 Å². The van der Waals surface area contributed by atoms with Crippen LogP contribution in [-0.4, -0.2) is 59.2 Å². The Morgan fingerprint density at radius 3 is 2.72 bits per heavy atom. The summed E-state index contributed by atoms with van der Waals surface area (Å²) in [6.45, 7) is 1.73. The summed E-state index contributed by atoms with van der Waals surface area (Å²) in [6.07, 6.45) is -2.53. The van der Waals surface area contributed by atoms with Gasteiger partial charge in [0.25, 0.3) is 16.0 Å². The molecule has 2 aliphatic rings. The van der Waals surface area contributed by atoms with Gasteiger partial charge in [-0.15, -0.1) is 11.3 Å². The zero-order chi connectivity index (χ0) is 30.9. The van der Waals surface area contributed by atoms with Crippen molar-refractivity contribution in [3.05, 3.63) is 73.8 Å². The van der Waals surface area contributed by atoms with Crippen LogP contribution in [0.5, 0.6) is 5.88 Å². The molecule has 1 amide bonds. The lowest BCUT2D eigenvalue weighted by Gasteiger charge is -2.31. The molecule has 1 atom stereocenters. The van der Waals surface area contributed by atoms with Crippen LogP contribution in [0, 0.1) is 6.92 Å². The number of rotatable bonds is 8. The van der Waals surface area contributed by atoms with Crippen LogP contribution < -0.4 is 4.74 Å². The van der Waals surface area contributed by atoms with E-state index in [2.05, 4.69) is 10.1 Å². The van der Waals surface area contributed by atoms with Gasteiger partial charge in [0.2, 0.25) is 5.88 Å². The number of thiazole rings is 1. The van der Waals surface area contributed by atoms with Crippen molar-refractivity contribution in [2.75, 3.05) is 19.7 Å². The second-order valence-electron chi connectivity index (χ2n) is 10.3. The third-order valence-electron chi connectivity index (χ3n) is 7.11. The molecule has 230 valence electrons. The fraction of sp³-hybridized carbons (Fsp3) is 0.407. The van der Waals surface area contributed by atoms with Crippen LogP contribution in [0.4, 0.5) is 13.2 Å². The van der Waals surface area contributed by atoms with Crippen LogP contribution in [0.25, 0.3) is 0 Å². The smallest absolute Gasteiger partial charge is 0.421 e. The number of carbonyl (C=O) groups is 1. The molecule has 4 heterocycles. The number of aryl methyl sites for hydroxylation is 1. The van der Waals surface area contributed by atoms with Gasteiger partial charge < -0.3 is 14.5 Å². The highest BCUT2D eigenvalue weighted by Gasteiger charge is 2.36. The Labute approximate surface area is 254 Å². The number of nitrogens with zero attached hydrogens (tertiary/aromatic N) is 4. The topological polar surface area (TPSA) is 131 Å². The zero-order valence-corrected chi connectivity index (χ0v) is 25.1. The van der Waals surface area contributed by atoms with Crippen LogP contribution in [0.15, 0.2) is 41.0 Å². The van der Waals surface area contributed by atoms with Gasteiger partial charge in [-0.05, 0) is 43.0 Å². The largest absolute Gasteiger partial charge is 0.467 e. The van der Waals surface area contributed by atoms with Gasteiger partial charge in [-0.1, -0.05) is 28.9 Å². The summed E-state index contributed by atoms with van der Waals surface area (Å²) >= 11 is 7.80. The number of benzene rings is 1. The van der Waals surface area contributed by atoms with E-state index in [4.69, 9.17) is 26.2 Å². The number of halogens is 4. The standard InChI is InChI=1S/C27H26ClF3N4O6S2/c1-15-9-18(27(29,30)31)25(32-11-15)40-12-23(36)35-7-5-16(6-8-35)26-33-21(13-42-26)20-10-22(41-34-20)24-17(14-43(37,38)39)3-2-4-19(24)28/h2-4,9,11,13,16,22H,5-8,10,12,14H2,1H3,(H,37,38,39). The van der Waals surface area contributed by atoms with Gasteiger partial charge >= 0.3 is 6.18 Å². The highest BCUT2D eigenvalue weighted by atomic mass is 35.5. The minimum atomic E-state index is -4.65. The fourth-order valence-corrected chi connectivity index (χ4v) is 6.99. The van der Waals surface area contributed by atoms with Crippen molar-refractivity contribution in [1.82, 2.24) is 14.9 Å². The van der Waals surface area contributed by atoms with Crippen LogP contribution in [0.1, 0.15) is 64.2 Å². The Morgan fingerprint density at radius 1 is 1.28 bits per heavy atom. The van der Waals surface area contributed by atoms with E-state index in [1.165, 1.54) is 24.5 Å². The minimum Gasteiger partial charge on any atom is -0.467 e. The molecule has 0 saturated carbocycles. The van der Waals surface area contributed by atoms with Gasteiger partial charge in [-0.3, -0.25) is 9.35 Å². The number of aromatic nitrogens is 2. The first-order valence-electron chi connectivity index (χ1n) is 13.1. The molecule has 0 aliphatic carbocycles. The van der Waals surface area contributed by atoms with Crippen LogP contribution in [0.2, 0.25) is 5.02 Å².